The van der Waals surface area contributed by atoms with E-state index in [1.807, 2.05) is 0 Å². The quantitative estimate of drug-likeness (QED) is 0.142. The molecule has 8 aromatic rings. The highest BCUT2D eigenvalue weighted by Gasteiger charge is 2.22. The summed E-state index contributed by atoms with van der Waals surface area (Å²) in [6, 6.07) is 52.9. The van der Waals surface area contributed by atoms with Crippen molar-refractivity contribution >= 4 is 0 Å². The molecule has 8 rings (SSSR count). The molecule has 0 aliphatic heterocycles. The minimum atomic E-state index is 0. The van der Waals surface area contributed by atoms with E-state index in [1.165, 1.54) is 134 Å². The van der Waals surface area contributed by atoms with Gasteiger partial charge in [-0.3, -0.25) is 0 Å². The lowest BCUT2D eigenvalue weighted by Gasteiger charge is -2.25. The van der Waals surface area contributed by atoms with Crippen molar-refractivity contribution in [2.45, 2.75) is 328 Å². The lowest BCUT2D eigenvalue weighted by molar-refractivity contribution is 0.581. The predicted molar refractivity (Wildman–Crippen MR) is 444 cm³/mol. The van der Waals surface area contributed by atoms with Gasteiger partial charge in [0, 0.05) is 0 Å². The lowest BCUT2D eigenvalue weighted by Crippen LogP contribution is -2.15. The largest absolute Gasteiger partial charge is 0.0776 e. The molecule has 0 heteroatoms. The first-order valence-electron chi connectivity index (χ1n) is 35.9. The van der Waals surface area contributed by atoms with E-state index in [2.05, 4.69) is 423 Å². The first kappa shape index (κ1) is 90.8. The van der Waals surface area contributed by atoms with E-state index in [4.69, 9.17) is 0 Å². The Morgan fingerprint density at radius 3 is 0.598 bits per heavy atom. The van der Waals surface area contributed by atoms with Gasteiger partial charge in [-0.1, -0.05) is 347 Å². The zero-order valence-electron chi connectivity index (χ0n) is 69.9. The van der Waals surface area contributed by atoms with Gasteiger partial charge in [0.2, 0.25) is 0 Å². The Morgan fingerprint density at radius 1 is 0.175 bits per heavy atom. The zero-order chi connectivity index (χ0) is 74.8. The molecule has 0 bridgehead atoms. The lowest BCUT2D eigenvalue weighted by atomic mass is 9.80. The number of hydrogen-bond acceptors (Lipinski definition) is 0. The maximum Gasteiger partial charge on any atom is -0.0127 e. The Balaban J connectivity index is 0.00000108. The average molecular weight is 1310 g/mol. The van der Waals surface area contributed by atoms with E-state index in [-0.39, 0.29) is 50.7 Å². The predicted octanol–water partition coefficient (Wildman–Crippen LogP) is 29.4. The van der Waals surface area contributed by atoms with Crippen LogP contribution in [0.15, 0.2) is 146 Å². The maximum absolute atomic E-state index is 2.29. The first-order chi connectivity index (χ1) is 43.3. The third-order valence-electron chi connectivity index (χ3n) is 18.2. The minimum Gasteiger partial charge on any atom is -0.0776 e. The summed E-state index contributed by atoms with van der Waals surface area (Å²) >= 11 is 0. The molecule has 0 aliphatic rings. The molecule has 0 radical (unpaired) electrons. The van der Waals surface area contributed by atoms with Crippen LogP contribution >= 0.6 is 0 Å². The third kappa shape index (κ3) is 31.2. The zero-order valence-corrected chi connectivity index (χ0v) is 69.9. The summed E-state index contributed by atoms with van der Waals surface area (Å²) in [6.07, 6.45) is 0. The molecule has 0 atom stereocenters. The Morgan fingerprint density at radius 2 is 0.402 bits per heavy atom. The molecule has 97 heavy (non-hydrogen) atoms. The van der Waals surface area contributed by atoms with E-state index < -0.39 is 0 Å². The second-order valence-electron chi connectivity index (χ2n) is 36.3. The molecular formula is C97H148. The summed E-state index contributed by atoms with van der Waals surface area (Å²) in [5.41, 5.74) is 36.1. The van der Waals surface area contributed by atoms with Gasteiger partial charge in [0.1, 0.15) is 0 Å². The molecule has 0 amide bonds. The molecule has 536 valence electrons. The molecule has 0 aromatic heterocycles. The fraction of sp³-hybridized carbons (Fsp3) is 0.505. The molecule has 0 heterocycles. The van der Waals surface area contributed by atoms with Crippen molar-refractivity contribution in [1.82, 2.24) is 0 Å². The summed E-state index contributed by atoms with van der Waals surface area (Å²) in [5.74, 6) is 0. The number of hydrogen-bond donors (Lipinski definition) is 0. The number of aryl methyl sites for hydroxylation is 13. The second-order valence-corrected chi connectivity index (χ2v) is 36.3. The molecule has 0 saturated carbocycles. The third-order valence-corrected chi connectivity index (χ3v) is 18.2. The van der Waals surface area contributed by atoms with E-state index >= 15 is 0 Å². The second kappa shape index (κ2) is 37.3. The average Bonchev–Trinajstić information content (AvgIpc) is 0.836. The van der Waals surface area contributed by atoms with Crippen LogP contribution in [0.1, 0.15) is 307 Å². The molecule has 0 aliphatic carbocycles. The van der Waals surface area contributed by atoms with Crippen LogP contribution in [-0.2, 0) is 43.3 Å². The van der Waals surface area contributed by atoms with E-state index in [1.54, 1.807) is 0 Å². The fourth-order valence-electron chi connectivity index (χ4n) is 12.5. The van der Waals surface area contributed by atoms with Crippen LogP contribution in [0.3, 0.4) is 0 Å². The smallest absolute Gasteiger partial charge is 0.0127 e. The monoisotopic (exact) mass is 1310 g/mol. The van der Waals surface area contributed by atoms with E-state index in [0.717, 1.165) is 0 Å². The van der Waals surface area contributed by atoms with Crippen molar-refractivity contribution in [3.05, 3.63) is 279 Å². The molecule has 0 N–H and O–H groups in total. The summed E-state index contributed by atoms with van der Waals surface area (Å²) in [4.78, 5) is 0. The molecule has 8 aromatic carbocycles. The Bertz CT molecular complexity index is 3350. The molecule has 0 saturated heterocycles. The summed E-state index contributed by atoms with van der Waals surface area (Å²) in [5, 5.41) is 0. The van der Waals surface area contributed by atoms with Crippen molar-refractivity contribution < 1.29 is 0 Å². The van der Waals surface area contributed by atoms with Gasteiger partial charge >= 0.3 is 0 Å². The van der Waals surface area contributed by atoms with Crippen LogP contribution in [0.4, 0.5) is 0 Å². The SMILES string of the molecule is C.Cc1ccc(C)c(C(C)(C)C)c1.Cc1ccc(C)c(C(C)(C)C)c1.Cc1ccc(C)c(C(C)(C)C)c1.Cc1ccc(C)c(C(C)(C)C)c1.Cc1ccc(C)c(C(C)(C)C)c1C.Cc1cccc(C(C)(C)C)c1.Cc1cccc(C(C)(C)C)c1C.Cc1cccc(C(C)(C)C)c1C. The number of rotatable bonds is 0. The van der Waals surface area contributed by atoms with Crippen LogP contribution in [0.5, 0.6) is 0 Å². The Hall–Kier alpha value is -6.24. The van der Waals surface area contributed by atoms with Crippen molar-refractivity contribution in [2.24, 2.45) is 0 Å². The van der Waals surface area contributed by atoms with Gasteiger partial charge in [0.05, 0.1) is 0 Å². The molecular weight excluding hydrogens is 1170 g/mol. The summed E-state index contributed by atoms with van der Waals surface area (Å²) in [7, 11) is 0. The van der Waals surface area contributed by atoms with Gasteiger partial charge in [-0.05, 0) is 260 Å². The summed E-state index contributed by atoms with van der Waals surface area (Å²) in [6.45, 7) is 89.0. The Labute approximate surface area is 603 Å². The maximum atomic E-state index is 2.29. The van der Waals surface area contributed by atoms with Crippen molar-refractivity contribution in [3.63, 3.8) is 0 Å². The van der Waals surface area contributed by atoms with Gasteiger partial charge in [-0.25, -0.2) is 0 Å². The normalized spacial score (nSPS) is 11.6. The van der Waals surface area contributed by atoms with Gasteiger partial charge in [-0.15, -0.1) is 0 Å². The van der Waals surface area contributed by atoms with Gasteiger partial charge in [-0.2, -0.15) is 0 Å². The number of benzene rings is 8. The minimum absolute atomic E-state index is 0. The van der Waals surface area contributed by atoms with Crippen molar-refractivity contribution in [3.8, 4) is 0 Å². The highest BCUT2D eigenvalue weighted by atomic mass is 14.3. The van der Waals surface area contributed by atoms with Gasteiger partial charge in [0.25, 0.3) is 0 Å². The highest BCUT2D eigenvalue weighted by molar-refractivity contribution is 5.44. The van der Waals surface area contributed by atoms with E-state index in [9.17, 15) is 0 Å². The van der Waals surface area contributed by atoms with Crippen LogP contribution in [0.25, 0.3) is 0 Å². The molecule has 0 fully saturated rings. The van der Waals surface area contributed by atoms with Crippen LogP contribution in [0, 0.1) is 111 Å². The molecule has 0 unspecified atom stereocenters. The fourth-order valence-corrected chi connectivity index (χ4v) is 12.5. The standard InChI is InChI=1S/C13H20.6C12H18.C11H16.CH4/c1-9-7-8-10(2)12(11(9)3)13(4,5)6;4*1-9-6-7-10(2)11(8-9)12(3,4)5;2*1-9-7-6-8-11(10(9)2)12(3,4)5;1-9-6-5-7-10(8-9)11(2,3)4;/h7-8H,1-6H3;6*6-8H,1-5H3;5-8H,1-4H3;1H4. The highest BCUT2D eigenvalue weighted by Crippen LogP contribution is 2.33. The molecule has 0 nitrogen and oxygen atoms in total. The first-order valence-corrected chi connectivity index (χ1v) is 35.9. The summed E-state index contributed by atoms with van der Waals surface area (Å²) < 4.78 is 0. The van der Waals surface area contributed by atoms with Crippen LogP contribution in [-0.4, -0.2) is 0 Å². The van der Waals surface area contributed by atoms with Crippen LogP contribution < -0.4 is 0 Å². The Kier molecular flexibility index (Phi) is 34.9. The van der Waals surface area contributed by atoms with Crippen LogP contribution in [0.2, 0.25) is 0 Å². The van der Waals surface area contributed by atoms with Crippen molar-refractivity contribution in [2.75, 3.05) is 0 Å². The van der Waals surface area contributed by atoms with Gasteiger partial charge < -0.3 is 0 Å². The van der Waals surface area contributed by atoms with Gasteiger partial charge in [0.15, 0.2) is 0 Å². The topological polar surface area (TPSA) is 0 Å². The van der Waals surface area contributed by atoms with Crippen molar-refractivity contribution in [1.29, 1.82) is 0 Å². The van der Waals surface area contributed by atoms with E-state index in [0.29, 0.717) is 0 Å². The molecule has 0 spiro atoms.